The SMILES string of the molecule is COC[C@@H](C)c1ccc(-c2cc(=O)c3c(O)cc(OC[C@H](O)CO)cc3o2)cc1O. The van der Waals surface area contributed by atoms with Crippen LogP contribution >= 0.6 is 0 Å². The Morgan fingerprint density at radius 1 is 1.07 bits per heavy atom. The van der Waals surface area contributed by atoms with Crippen LogP contribution in [0.1, 0.15) is 18.4 Å². The fourth-order valence-corrected chi connectivity index (χ4v) is 3.17. The summed E-state index contributed by atoms with van der Waals surface area (Å²) in [6.07, 6.45) is -1.08. The van der Waals surface area contributed by atoms with Gasteiger partial charge in [0.25, 0.3) is 0 Å². The first-order chi connectivity index (χ1) is 14.3. The maximum atomic E-state index is 12.5. The van der Waals surface area contributed by atoms with Gasteiger partial charge in [0.2, 0.25) is 0 Å². The lowest BCUT2D eigenvalue weighted by molar-refractivity contribution is 0.0535. The number of hydrogen-bond acceptors (Lipinski definition) is 8. The van der Waals surface area contributed by atoms with E-state index in [4.69, 9.17) is 19.0 Å². The van der Waals surface area contributed by atoms with E-state index in [0.29, 0.717) is 17.7 Å². The molecule has 0 aliphatic heterocycles. The Balaban J connectivity index is 2.01. The number of fused-ring (bicyclic) bond motifs is 1. The topological polar surface area (TPSA) is 130 Å². The molecule has 1 aromatic heterocycles. The number of benzene rings is 2. The van der Waals surface area contributed by atoms with Crippen molar-refractivity contribution in [2.45, 2.75) is 18.9 Å². The number of rotatable bonds is 8. The molecule has 0 aliphatic carbocycles. The number of aliphatic hydroxyl groups excluding tert-OH is 2. The first kappa shape index (κ1) is 21.6. The standard InChI is InChI=1S/C22H24O8/c1-12(10-28-2)16-4-3-13(5-17(16)25)20-8-19(27)22-18(26)6-15(7-21(22)30-20)29-11-14(24)9-23/h3-8,12,14,23-26H,9-11H2,1-2H3/t12-,14-/m1/s1. The van der Waals surface area contributed by atoms with Crippen molar-refractivity contribution in [1.29, 1.82) is 0 Å². The smallest absolute Gasteiger partial charge is 0.197 e. The number of hydrogen-bond donors (Lipinski definition) is 4. The summed E-state index contributed by atoms with van der Waals surface area (Å²) in [7, 11) is 1.59. The van der Waals surface area contributed by atoms with Gasteiger partial charge in [-0.25, -0.2) is 0 Å². The van der Waals surface area contributed by atoms with Crippen LogP contribution < -0.4 is 10.2 Å². The molecule has 2 atom stereocenters. The molecule has 8 heteroatoms. The molecule has 0 radical (unpaired) electrons. The summed E-state index contributed by atoms with van der Waals surface area (Å²) in [6.45, 7) is 1.71. The van der Waals surface area contributed by atoms with Crippen LogP contribution in [0.15, 0.2) is 45.6 Å². The zero-order valence-electron chi connectivity index (χ0n) is 16.7. The molecule has 2 aromatic carbocycles. The molecule has 0 saturated heterocycles. The van der Waals surface area contributed by atoms with Crippen LogP contribution in [-0.2, 0) is 4.74 Å². The fourth-order valence-electron chi connectivity index (χ4n) is 3.17. The summed E-state index contributed by atoms with van der Waals surface area (Å²) >= 11 is 0. The number of aromatic hydroxyl groups is 2. The quantitative estimate of drug-likeness (QED) is 0.440. The van der Waals surface area contributed by atoms with Gasteiger partial charge in [0.05, 0.1) is 13.2 Å². The monoisotopic (exact) mass is 416 g/mol. The summed E-state index contributed by atoms with van der Waals surface area (Å²) in [4.78, 5) is 12.5. The van der Waals surface area contributed by atoms with Gasteiger partial charge in [0.1, 0.15) is 46.7 Å². The minimum Gasteiger partial charge on any atom is -0.508 e. The minimum atomic E-state index is -1.08. The van der Waals surface area contributed by atoms with Crippen molar-refractivity contribution in [2.75, 3.05) is 26.9 Å². The first-order valence-corrected chi connectivity index (χ1v) is 9.38. The Morgan fingerprint density at radius 3 is 2.50 bits per heavy atom. The highest BCUT2D eigenvalue weighted by Crippen LogP contribution is 2.34. The van der Waals surface area contributed by atoms with Crippen LogP contribution in [0.3, 0.4) is 0 Å². The van der Waals surface area contributed by atoms with Crippen molar-refractivity contribution in [2.24, 2.45) is 0 Å². The molecule has 1 heterocycles. The average molecular weight is 416 g/mol. The van der Waals surface area contributed by atoms with Crippen LogP contribution in [-0.4, -0.2) is 53.5 Å². The van der Waals surface area contributed by atoms with Crippen LogP contribution in [0.4, 0.5) is 0 Å². The van der Waals surface area contributed by atoms with E-state index < -0.39 is 18.1 Å². The Bertz CT molecular complexity index is 1090. The maximum absolute atomic E-state index is 12.5. The van der Waals surface area contributed by atoms with Crippen LogP contribution in [0.5, 0.6) is 17.2 Å². The second kappa shape index (κ2) is 9.17. The molecule has 0 fully saturated rings. The molecule has 0 spiro atoms. The molecule has 3 aromatic rings. The lowest BCUT2D eigenvalue weighted by atomic mass is 9.98. The third kappa shape index (κ3) is 4.56. The molecule has 30 heavy (non-hydrogen) atoms. The number of phenolic OH excluding ortho intramolecular Hbond substituents is 2. The summed E-state index contributed by atoms with van der Waals surface area (Å²) in [5.41, 5.74) is 0.824. The fraction of sp³-hybridized carbons (Fsp3) is 0.318. The Labute approximate surface area is 172 Å². The molecule has 0 unspecified atom stereocenters. The highest BCUT2D eigenvalue weighted by atomic mass is 16.5. The average Bonchev–Trinajstić information content (AvgIpc) is 2.71. The summed E-state index contributed by atoms with van der Waals surface area (Å²) < 4.78 is 16.3. The van der Waals surface area contributed by atoms with E-state index in [1.54, 1.807) is 19.2 Å². The van der Waals surface area contributed by atoms with Crippen molar-refractivity contribution in [3.8, 4) is 28.6 Å². The normalized spacial score (nSPS) is 13.3. The number of phenols is 2. The second-order valence-electron chi connectivity index (χ2n) is 7.07. The lowest BCUT2D eigenvalue weighted by Crippen LogP contribution is -2.21. The van der Waals surface area contributed by atoms with Gasteiger partial charge in [-0.2, -0.15) is 0 Å². The van der Waals surface area contributed by atoms with E-state index in [0.717, 1.165) is 0 Å². The Morgan fingerprint density at radius 2 is 1.83 bits per heavy atom. The van der Waals surface area contributed by atoms with E-state index in [9.17, 15) is 20.1 Å². The highest BCUT2D eigenvalue weighted by Gasteiger charge is 2.16. The van der Waals surface area contributed by atoms with Crippen molar-refractivity contribution in [3.05, 3.63) is 52.2 Å². The molecular formula is C22H24O8. The second-order valence-corrected chi connectivity index (χ2v) is 7.07. The van der Waals surface area contributed by atoms with E-state index >= 15 is 0 Å². The largest absolute Gasteiger partial charge is 0.508 e. The molecule has 8 nitrogen and oxygen atoms in total. The van der Waals surface area contributed by atoms with Gasteiger partial charge in [0.15, 0.2) is 5.43 Å². The number of ether oxygens (including phenoxy) is 2. The minimum absolute atomic E-state index is 0.0108. The van der Waals surface area contributed by atoms with Crippen LogP contribution in [0, 0.1) is 0 Å². The van der Waals surface area contributed by atoms with Crippen molar-refractivity contribution >= 4 is 11.0 Å². The molecule has 0 bridgehead atoms. The molecule has 0 saturated carbocycles. The summed E-state index contributed by atoms with van der Waals surface area (Å²) in [5, 5.41) is 38.9. The van der Waals surface area contributed by atoms with E-state index in [1.165, 1.54) is 24.3 Å². The maximum Gasteiger partial charge on any atom is 0.197 e. The van der Waals surface area contributed by atoms with Gasteiger partial charge >= 0.3 is 0 Å². The third-order valence-corrected chi connectivity index (χ3v) is 4.70. The van der Waals surface area contributed by atoms with Gasteiger partial charge in [-0.3, -0.25) is 4.79 Å². The van der Waals surface area contributed by atoms with E-state index in [1.807, 2.05) is 6.92 Å². The van der Waals surface area contributed by atoms with Crippen LogP contribution in [0.2, 0.25) is 0 Å². The zero-order chi connectivity index (χ0) is 21.8. The van der Waals surface area contributed by atoms with Gasteiger partial charge in [-0.15, -0.1) is 0 Å². The third-order valence-electron chi connectivity index (χ3n) is 4.70. The molecule has 160 valence electrons. The molecule has 4 N–H and O–H groups in total. The van der Waals surface area contributed by atoms with Gasteiger partial charge < -0.3 is 34.3 Å². The zero-order valence-corrected chi connectivity index (χ0v) is 16.7. The van der Waals surface area contributed by atoms with Crippen molar-refractivity contribution in [3.63, 3.8) is 0 Å². The first-order valence-electron chi connectivity index (χ1n) is 9.38. The summed E-state index contributed by atoms with van der Waals surface area (Å²) in [5.74, 6) is 0.0873. The molecular weight excluding hydrogens is 392 g/mol. The molecule has 0 amide bonds. The molecule has 3 rings (SSSR count). The van der Waals surface area contributed by atoms with Gasteiger partial charge in [-0.1, -0.05) is 19.1 Å². The highest BCUT2D eigenvalue weighted by molar-refractivity contribution is 5.86. The Kier molecular flexibility index (Phi) is 6.61. The van der Waals surface area contributed by atoms with Crippen molar-refractivity contribution in [1.82, 2.24) is 0 Å². The number of methoxy groups -OCH3 is 1. The van der Waals surface area contributed by atoms with E-state index in [2.05, 4.69) is 0 Å². The van der Waals surface area contributed by atoms with Gasteiger partial charge in [0, 0.05) is 36.8 Å². The predicted molar refractivity (Wildman–Crippen MR) is 110 cm³/mol. The summed E-state index contributed by atoms with van der Waals surface area (Å²) in [6, 6.07) is 8.86. The predicted octanol–water partition coefficient (Wildman–Crippen LogP) is 2.35. The van der Waals surface area contributed by atoms with Crippen molar-refractivity contribution < 1.29 is 34.3 Å². The van der Waals surface area contributed by atoms with E-state index in [-0.39, 0.29) is 46.5 Å². The Hall–Kier alpha value is -3.07. The van der Waals surface area contributed by atoms with Gasteiger partial charge in [-0.05, 0) is 11.6 Å². The number of aliphatic hydroxyl groups is 2. The molecule has 0 aliphatic rings. The van der Waals surface area contributed by atoms with Crippen LogP contribution in [0.25, 0.3) is 22.3 Å². The lowest BCUT2D eigenvalue weighted by Gasteiger charge is -2.14.